The van der Waals surface area contributed by atoms with Crippen molar-refractivity contribution in [2.45, 2.75) is 12.5 Å². The predicted octanol–water partition coefficient (Wildman–Crippen LogP) is 4.82. The molecule has 3 aromatic rings. The smallest absolute Gasteiger partial charge is 0.261 e. The highest BCUT2D eigenvalue weighted by atomic mass is 35.5. The van der Waals surface area contributed by atoms with E-state index in [0.717, 1.165) is 28.2 Å². The molecular formula is C22H20ClNO4S. The van der Waals surface area contributed by atoms with Gasteiger partial charge in [0.1, 0.15) is 23.4 Å². The van der Waals surface area contributed by atoms with Gasteiger partial charge >= 0.3 is 0 Å². The summed E-state index contributed by atoms with van der Waals surface area (Å²) < 4.78 is 16.9. The minimum Gasteiger partial charge on any atom is -0.497 e. The van der Waals surface area contributed by atoms with Gasteiger partial charge in [0.05, 0.1) is 30.7 Å². The summed E-state index contributed by atoms with van der Waals surface area (Å²) in [5.74, 6) is 2.06. The van der Waals surface area contributed by atoms with Gasteiger partial charge in [-0.3, -0.25) is 4.79 Å². The fourth-order valence-electron chi connectivity index (χ4n) is 3.40. The summed E-state index contributed by atoms with van der Waals surface area (Å²) in [6.07, 6.45) is 0.508. The van der Waals surface area contributed by atoms with Crippen molar-refractivity contribution < 1.29 is 19.0 Å². The van der Waals surface area contributed by atoms with E-state index < -0.39 is 0 Å². The summed E-state index contributed by atoms with van der Waals surface area (Å²) in [7, 11) is 3.26. The Balaban J connectivity index is 1.54. The molecule has 1 atom stereocenters. The molecule has 0 aliphatic carbocycles. The van der Waals surface area contributed by atoms with Crippen LogP contribution in [0.25, 0.3) is 11.1 Å². The van der Waals surface area contributed by atoms with Crippen LogP contribution in [0.1, 0.15) is 15.2 Å². The SMILES string of the molecule is COc1ccc(OC)c(-c2cc(Cl)c3c(c2)CC(CNC(=O)c2cccs2)O3)c1. The molecule has 1 amide bonds. The standard InChI is InChI=1S/C22H20ClNO4S/c1-26-15-5-6-19(27-2)17(11-15)13-8-14-9-16(28-21(14)18(23)10-13)12-24-22(25)20-4-3-7-29-20/h3-8,10-11,16H,9,12H2,1-2H3,(H,24,25). The van der Waals surface area contributed by atoms with E-state index in [2.05, 4.69) is 11.4 Å². The van der Waals surface area contributed by atoms with Crippen molar-refractivity contribution in [3.8, 4) is 28.4 Å². The highest BCUT2D eigenvalue weighted by Crippen LogP contribution is 2.42. The van der Waals surface area contributed by atoms with Gasteiger partial charge < -0.3 is 19.5 Å². The molecule has 0 fully saturated rings. The molecule has 4 rings (SSSR count). The molecule has 0 spiro atoms. The number of fused-ring (bicyclic) bond motifs is 1. The van der Waals surface area contributed by atoms with Crippen LogP contribution in [0.15, 0.2) is 47.8 Å². The first-order valence-electron chi connectivity index (χ1n) is 9.12. The average molecular weight is 430 g/mol. The number of benzene rings is 2. The number of carbonyl (C=O) groups excluding carboxylic acids is 1. The highest BCUT2D eigenvalue weighted by molar-refractivity contribution is 7.12. The Morgan fingerprint density at radius 1 is 1.24 bits per heavy atom. The Morgan fingerprint density at radius 3 is 2.83 bits per heavy atom. The van der Waals surface area contributed by atoms with Crippen LogP contribution >= 0.6 is 22.9 Å². The topological polar surface area (TPSA) is 56.8 Å². The Labute approximate surface area is 178 Å². The van der Waals surface area contributed by atoms with E-state index in [1.54, 1.807) is 20.3 Å². The summed E-state index contributed by atoms with van der Waals surface area (Å²) in [5.41, 5.74) is 2.83. The van der Waals surface area contributed by atoms with Crippen molar-refractivity contribution in [3.05, 3.63) is 63.3 Å². The lowest BCUT2D eigenvalue weighted by Gasteiger charge is -2.13. The number of halogens is 1. The first-order valence-corrected chi connectivity index (χ1v) is 10.4. The first-order chi connectivity index (χ1) is 14.1. The monoisotopic (exact) mass is 429 g/mol. The molecule has 0 saturated carbocycles. The second kappa shape index (κ2) is 8.35. The van der Waals surface area contributed by atoms with Gasteiger partial charge in [-0.25, -0.2) is 0 Å². The number of amides is 1. The Hall–Kier alpha value is -2.70. The van der Waals surface area contributed by atoms with Gasteiger partial charge in [-0.2, -0.15) is 0 Å². The van der Waals surface area contributed by atoms with Crippen molar-refractivity contribution in [1.29, 1.82) is 0 Å². The Morgan fingerprint density at radius 2 is 2.10 bits per heavy atom. The van der Waals surface area contributed by atoms with Crippen molar-refractivity contribution in [3.63, 3.8) is 0 Å². The van der Waals surface area contributed by atoms with E-state index in [1.165, 1.54) is 11.3 Å². The molecule has 1 aromatic heterocycles. The van der Waals surface area contributed by atoms with E-state index in [9.17, 15) is 4.79 Å². The number of ether oxygens (including phenoxy) is 3. The van der Waals surface area contributed by atoms with Gasteiger partial charge in [0.2, 0.25) is 0 Å². The zero-order valence-corrected chi connectivity index (χ0v) is 17.6. The zero-order chi connectivity index (χ0) is 20.4. The molecule has 150 valence electrons. The molecule has 2 heterocycles. The van der Waals surface area contributed by atoms with Gasteiger partial charge in [0.25, 0.3) is 5.91 Å². The Kier molecular flexibility index (Phi) is 5.65. The lowest BCUT2D eigenvalue weighted by molar-refractivity contribution is 0.0937. The molecule has 5 nitrogen and oxygen atoms in total. The van der Waals surface area contributed by atoms with E-state index in [-0.39, 0.29) is 12.0 Å². The maximum absolute atomic E-state index is 12.2. The van der Waals surface area contributed by atoms with E-state index in [0.29, 0.717) is 28.6 Å². The van der Waals surface area contributed by atoms with Crippen LogP contribution in [0.2, 0.25) is 5.02 Å². The molecule has 0 radical (unpaired) electrons. The summed E-state index contributed by atoms with van der Waals surface area (Å²) in [4.78, 5) is 12.9. The largest absolute Gasteiger partial charge is 0.497 e. The van der Waals surface area contributed by atoms with Crippen LogP contribution in [-0.2, 0) is 6.42 Å². The number of carbonyl (C=O) groups is 1. The summed E-state index contributed by atoms with van der Waals surface area (Å²) in [6.45, 7) is 0.416. The maximum atomic E-state index is 12.2. The van der Waals surface area contributed by atoms with Crippen LogP contribution in [0, 0.1) is 0 Å². The van der Waals surface area contributed by atoms with Gasteiger partial charge in [0.15, 0.2) is 0 Å². The fraction of sp³-hybridized carbons (Fsp3) is 0.227. The number of hydrogen-bond acceptors (Lipinski definition) is 5. The maximum Gasteiger partial charge on any atom is 0.261 e. The fourth-order valence-corrected chi connectivity index (χ4v) is 4.32. The molecule has 1 aliphatic heterocycles. The highest BCUT2D eigenvalue weighted by Gasteiger charge is 2.27. The van der Waals surface area contributed by atoms with E-state index in [4.69, 9.17) is 25.8 Å². The number of thiophene rings is 1. The third kappa shape index (κ3) is 4.04. The second-order valence-corrected chi connectivity index (χ2v) is 8.00. The van der Waals surface area contributed by atoms with Gasteiger partial charge in [0, 0.05) is 17.5 Å². The summed E-state index contributed by atoms with van der Waals surface area (Å²) >= 11 is 7.93. The van der Waals surface area contributed by atoms with Crippen LogP contribution in [-0.4, -0.2) is 32.8 Å². The van der Waals surface area contributed by atoms with E-state index >= 15 is 0 Å². The van der Waals surface area contributed by atoms with Crippen molar-refractivity contribution in [2.24, 2.45) is 0 Å². The lowest BCUT2D eigenvalue weighted by atomic mass is 9.99. The zero-order valence-electron chi connectivity index (χ0n) is 16.0. The molecule has 0 saturated heterocycles. The van der Waals surface area contributed by atoms with Gasteiger partial charge in [-0.15, -0.1) is 11.3 Å². The minimum absolute atomic E-state index is 0.0903. The van der Waals surface area contributed by atoms with Crippen molar-refractivity contribution in [2.75, 3.05) is 20.8 Å². The lowest BCUT2D eigenvalue weighted by Crippen LogP contribution is -2.34. The Bertz CT molecular complexity index is 1040. The van der Waals surface area contributed by atoms with E-state index in [1.807, 2.05) is 35.7 Å². The molecule has 0 bridgehead atoms. The van der Waals surface area contributed by atoms with Crippen molar-refractivity contribution in [1.82, 2.24) is 5.32 Å². The first kappa shape index (κ1) is 19.6. The van der Waals surface area contributed by atoms with Crippen LogP contribution in [0.4, 0.5) is 0 Å². The second-order valence-electron chi connectivity index (χ2n) is 6.64. The number of nitrogens with one attached hydrogen (secondary N) is 1. The number of methoxy groups -OCH3 is 2. The molecule has 7 heteroatoms. The van der Waals surface area contributed by atoms with Crippen molar-refractivity contribution >= 4 is 28.8 Å². The number of hydrogen-bond donors (Lipinski definition) is 1. The van der Waals surface area contributed by atoms with Gasteiger partial charge in [-0.1, -0.05) is 17.7 Å². The molecule has 29 heavy (non-hydrogen) atoms. The molecule has 1 unspecified atom stereocenters. The summed E-state index contributed by atoms with van der Waals surface area (Å²) in [6, 6.07) is 13.2. The predicted molar refractivity (Wildman–Crippen MR) is 115 cm³/mol. The molecule has 1 aliphatic rings. The van der Waals surface area contributed by atoms with Crippen LogP contribution < -0.4 is 19.5 Å². The molecular weight excluding hydrogens is 410 g/mol. The average Bonchev–Trinajstić information content (AvgIpc) is 3.41. The normalized spacial score (nSPS) is 14.8. The molecule has 1 N–H and O–H groups in total. The summed E-state index contributed by atoms with van der Waals surface area (Å²) in [5, 5.41) is 5.34. The minimum atomic E-state index is -0.158. The van der Waals surface area contributed by atoms with Crippen LogP contribution in [0.5, 0.6) is 17.2 Å². The molecule has 2 aromatic carbocycles. The van der Waals surface area contributed by atoms with Gasteiger partial charge in [-0.05, 0) is 47.3 Å². The third-order valence-corrected chi connectivity index (χ3v) is 5.95. The quantitative estimate of drug-likeness (QED) is 0.610. The third-order valence-electron chi connectivity index (χ3n) is 4.81. The number of rotatable bonds is 6. The van der Waals surface area contributed by atoms with Crippen LogP contribution in [0.3, 0.4) is 0 Å².